The van der Waals surface area contributed by atoms with Gasteiger partial charge in [0, 0.05) is 24.9 Å². The van der Waals surface area contributed by atoms with Crippen molar-refractivity contribution in [1.82, 2.24) is 15.2 Å². The first-order chi connectivity index (χ1) is 14.1. The highest BCUT2D eigenvalue weighted by molar-refractivity contribution is 5.76. The molecule has 0 bridgehead atoms. The molecule has 0 fully saturated rings. The Kier molecular flexibility index (Phi) is 7.03. The van der Waals surface area contributed by atoms with Crippen LogP contribution in [0.5, 0.6) is 5.75 Å². The van der Waals surface area contributed by atoms with Crippen molar-refractivity contribution >= 4 is 5.91 Å². The Hall–Kier alpha value is -3.12. The Balaban J connectivity index is 1.53. The summed E-state index contributed by atoms with van der Waals surface area (Å²) in [5.74, 6) is 2.06. The van der Waals surface area contributed by atoms with Crippen LogP contribution in [0.2, 0.25) is 0 Å². The maximum atomic E-state index is 12.4. The average Bonchev–Trinajstić information content (AvgIpc) is 3.22. The van der Waals surface area contributed by atoms with Crippen LogP contribution in [0.3, 0.4) is 0 Å². The summed E-state index contributed by atoms with van der Waals surface area (Å²) >= 11 is 0. The summed E-state index contributed by atoms with van der Waals surface area (Å²) in [5.41, 5.74) is 2.07. The highest BCUT2D eigenvalue weighted by atomic mass is 16.5. The van der Waals surface area contributed by atoms with Crippen LogP contribution < -0.4 is 10.1 Å². The third kappa shape index (κ3) is 5.68. The van der Waals surface area contributed by atoms with E-state index in [-0.39, 0.29) is 11.9 Å². The summed E-state index contributed by atoms with van der Waals surface area (Å²) in [7, 11) is 5.64. The van der Waals surface area contributed by atoms with Crippen LogP contribution in [0.25, 0.3) is 11.3 Å². The Morgan fingerprint density at radius 3 is 2.69 bits per heavy atom. The summed E-state index contributed by atoms with van der Waals surface area (Å²) in [4.78, 5) is 18.7. The molecule has 1 heterocycles. The van der Waals surface area contributed by atoms with Gasteiger partial charge in [0.05, 0.1) is 19.3 Å². The van der Waals surface area contributed by atoms with Crippen molar-refractivity contribution in [3.63, 3.8) is 0 Å². The van der Waals surface area contributed by atoms with Crippen LogP contribution in [0.15, 0.2) is 65.2 Å². The number of rotatable bonds is 9. The van der Waals surface area contributed by atoms with E-state index in [0.717, 1.165) is 16.9 Å². The quantitative estimate of drug-likeness (QED) is 0.600. The summed E-state index contributed by atoms with van der Waals surface area (Å²) in [5, 5.41) is 3.02. The van der Waals surface area contributed by atoms with Crippen molar-refractivity contribution in [1.29, 1.82) is 0 Å². The fourth-order valence-electron chi connectivity index (χ4n) is 3.13. The van der Waals surface area contributed by atoms with E-state index in [9.17, 15) is 4.79 Å². The number of hydrogen-bond acceptors (Lipinski definition) is 5. The first kappa shape index (κ1) is 20.6. The summed E-state index contributed by atoms with van der Waals surface area (Å²) < 4.78 is 11.1. The number of likely N-dealkylation sites (N-methyl/N-ethyl adjacent to an activating group) is 1. The molecule has 29 heavy (non-hydrogen) atoms. The maximum Gasteiger partial charge on any atom is 0.220 e. The molecule has 1 unspecified atom stereocenters. The molecular formula is C23H27N3O3. The van der Waals surface area contributed by atoms with Crippen molar-refractivity contribution in [2.24, 2.45) is 0 Å². The molecule has 6 nitrogen and oxygen atoms in total. The molecule has 1 atom stereocenters. The minimum Gasteiger partial charge on any atom is -0.497 e. The number of amides is 1. The Morgan fingerprint density at radius 1 is 1.17 bits per heavy atom. The molecule has 1 amide bonds. The fourth-order valence-corrected chi connectivity index (χ4v) is 3.13. The molecule has 0 aliphatic rings. The van der Waals surface area contributed by atoms with E-state index in [4.69, 9.17) is 9.15 Å². The van der Waals surface area contributed by atoms with Gasteiger partial charge < -0.3 is 19.4 Å². The van der Waals surface area contributed by atoms with Crippen LogP contribution >= 0.6 is 0 Å². The first-order valence-corrected chi connectivity index (χ1v) is 9.64. The zero-order chi connectivity index (χ0) is 20.6. The summed E-state index contributed by atoms with van der Waals surface area (Å²) in [6.45, 7) is 0.514. The zero-order valence-electron chi connectivity index (χ0n) is 17.1. The van der Waals surface area contributed by atoms with Gasteiger partial charge in [-0.25, -0.2) is 4.98 Å². The third-order valence-corrected chi connectivity index (χ3v) is 4.77. The van der Waals surface area contributed by atoms with Crippen LogP contribution in [-0.2, 0) is 11.2 Å². The highest BCUT2D eigenvalue weighted by Crippen LogP contribution is 2.22. The zero-order valence-corrected chi connectivity index (χ0v) is 17.1. The minimum absolute atomic E-state index is 0.0285. The lowest BCUT2D eigenvalue weighted by Crippen LogP contribution is -2.34. The normalized spacial score (nSPS) is 12.0. The van der Waals surface area contributed by atoms with Crippen LogP contribution in [0.4, 0.5) is 0 Å². The second-order valence-corrected chi connectivity index (χ2v) is 7.04. The Bertz CT molecular complexity index is 922. The van der Waals surface area contributed by atoms with E-state index in [1.807, 2.05) is 68.7 Å². The minimum atomic E-state index is -0.0285. The van der Waals surface area contributed by atoms with E-state index in [1.165, 1.54) is 0 Å². The number of nitrogens with zero attached hydrogens (tertiary/aromatic N) is 2. The molecule has 0 saturated heterocycles. The van der Waals surface area contributed by atoms with Gasteiger partial charge in [0.1, 0.15) is 5.75 Å². The number of ether oxygens (including phenoxy) is 1. The largest absolute Gasteiger partial charge is 0.497 e. The number of nitrogens with one attached hydrogen (secondary N) is 1. The predicted octanol–water partition coefficient (Wildman–Crippen LogP) is 3.70. The molecule has 0 aliphatic heterocycles. The van der Waals surface area contributed by atoms with E-state index >= 15 is 0 Å². The summed E-state index contributed by atoms with van der Waals surface area (Å²) in [6.07, 6.45) is 2.49. The Labute approximate surface area is 171 Å². The van der Waals surface area contributed by atoms with Gasteiger partial charge >= 0.3 is 0 Å². The van der Waals surface area contributed by atoms with E-state index in [0.29, 0.717) is 31.0 Å². The fraction of sp³-hybridized carbons (Fsp3) is 0.304. The topological polar surface area (TPSA) is 67.6 Å². The molecule has 0 spiro atoms. The lowest BCUT2D eigenvalue weighted by Gasteiger charge is -2.25. The SMILES string of the molecule is COc1cccc(C(CNC(=O)CCc2ncc(-c3ccccc3)o2)N(C)C)c1. The van der Waals surface area contributed by atoms with Crippen molar-refractivity contribution in [3.8, 4) is 17.1 Å². The molecule has 1 N–H and O–H groups in total. The second kappa shape index (κ2) is 9.89. The number of oxazole rings is 1. The van der Waals surface area contributed by atoms with Crippen LogP contribution in [0, 0.1) is 0 Å². The maximum absolute atomic E-state index is 12.4. The molecule has 0 radical (unpaired) electrons. The third-order valence-electron chi connectivity index (χ3n) is 4.77. The molecule has 3 aromatic rings. The van der Waals surface area contributed by atoms with Gasteiger partial charge in [0.15, 0.2) is 11.7 Å². The van der Waals surface area contributed by atoms with E-state index in [2.05, 4.69) is 15.2 Å². The number of aryl methyl sites for hydroxylation is 1. The molecule has 0 saturated carbocycles. The molecule has 1 aromatic heterocycles. The molecule has 2 aromatic carbocycles. The van der Waals surface area contributed by atoms with Crippen molar-refractivity contribution in [3.05, 3.63) is 72.2 Å². The van der Waals surface area contributed by atoms with Gasteiger partial charge in [-0.3, -0.25) is 4.79 Å². The Morgan fingerprint density at radius 2 is 1.97 bits per heavy atom. The van der Waals surface area contributed by atoms with Crippen molar-refractivity contribution in [2.45, 2.75) is 18.9 Å². The molecule has 3 rings (SSSR count). The van der Waals surface area contributed by atoms with Gasteiger partial charge in [-0.1, -0.05) is 42.5 Å². The number of carbonyl (C=O) groups is 1. The molecule has 0 aliphatic carbocycles. The second-order valence-electron chi connectivity index (χ2n) is 7.04. The van der Waals surface area contributed by atoms with Crippen LogP contribution in [-0.4, -0.2) is 43.5 Å². The van der Waals surface area contributed by atoms with Gasteiger partial charge in [0.2, 0.25) is 5.91 Å². The van der Waals surface area contributed by atoms with Gasteiger partial charge in [-0.15, -0.1) is 0 Å². The monoisotopic (exact) mass is 393 g/mol. The molecule has 152 valence electrons. The summed E-state index contributed by atoms with van der Waals surface area (Å²) in [6, 6.07) is 17.8. The molecule has 6 heteroatoms. The van der Waals surface area contributed by atoms with Crippen molar-refractivity contribution in [2.75, 3.05) is 27.7 Å². The van der Waals surface area contributed by atoms with Gasteiger partial charge in [-0.2, -0.15) is 0 Å². The number of aromatic nitrogens is 1. The van der Waals surface area contributed by atoms with E-state index in [1.54, 1.807) is 13.3 Å². The number of benzene rings is 2. The number of hydrogen-bond donors (Lipinski definition) is 1. The number of carbonyl (C=O) groups excluding carboxylic acids is 1. The highest BCUT2D eigenvalue weighted by Gasteiger charge is 2.16. The average molecular weight is 393 g/mol. The standard InChI is InChI=1S/C23H27N3O3/c1-26(2)20(18-10-7-11-19(14-18)28-3)15-24-22(27)12-13-23-25-16-21(29-23)17-8-5-4-6-9-17/h4-11,14,16,20H,12-13,15H2,1-3H3,(H,24,27). The van der Waals surface area contributed by atoms with Gasteiger partial charge in [0.25, 0.3) is 0 Å². The van der Waals surface area contributed by atoms with Crippen molar-refractivity contribution < 1.29 is 13.9 Å². The van der Waals surface area contributed by atoms with Gasteiger partial charge in [-0.05, 0) is 31.8 Å². The lowest BCUT2D eigenvalue weighted by molar-refractivity contribution is -0.121. The van der Waals surface area contributed by atoms with E-state index < -0.39 is 0 Å². The molecular weight excluding hydrogens is 366 g/mol. The predicted molar refractivity (Wildman–Crippen MR) is 113 cm³/mol. The smallest absolute Gasteiger partial charge is 0.220 e. The lowest BCUT2D eigenvalue weighted by atomic mass is 10.1. The first-order valence-electron chi connectivity index (χ1n) is 9.64. The van der Waals surface area contributed by atoms with Crippen LogP contribution in [0.1, 0.15) is 23.9 Å². The number of methoxy groups -OCH3 is 1.